The fraction of sp³-hybridized carbons (Fsp3) is 0.667. The molecular formula is C12H22O2. The lowest BCUT2D eigenvalue weighted by Gasteiger charge is -1.89. The number of unbranched alkanes of at least 4 members (excludes halogenated alkanes) is 3. The molecule has 2 nitrogen and oxygen atoms in total. The second-order valence-electron chi connectivity index (χ2n) is 3.42. The summed E-state index contributed by atoms with van der Waals surface area (Å²) in [6, 6.07) is 0. The lowest BCUT2D eigenvalue weighted by Crippen LogP contribution is -1.79. The van der Waals surface area contributed by atoms with E-state index in [0.29, 0.717) is 0 Å². The predicted molar refractivity (Wildman–Crippen MR) is 60.3 cm³/mol. The molecule has 0 aromatic rings. The van der Waals surface area contributed by atoms with E-state index in [0.717, 1.165) is 6.42 Å². The molecule has 0 aliphatic carbocycles. The van der Waals surface area contributed by atoms with Crippen LogP contribution in [0, 0.1) is 0 Å². The fourth-order valence-electron chi connectivity index (χ4n) is 0.761. The second-order valence-corrected chi connectivity index (χ2v) is 3.42. The maximum absolute atomic E-state index is 10.4. The third-order valence-electron chi connectivity index (χ3n) is 1.33. The van der Waals surface area contributed by atoms with E-state index in [1.54, 1.807) is 13.0 Å². The molecule has 0 unspecified atom stereocenters. The number of carbonyl (C=O) groups is 2. The van der Waals surface area contributed by atoms with Crippen LogP contribution in [0.3, 0.4) is 0 Å². The number of Topliss-reactive ketones (excluding diaryl/α,β-unsaturated/α-hetero) is 1. The molecule has 0 radical (unpaired) electrons. The molecule has 0 saturated heterocycles. The van der Waals surface area contributed by atoms with Crippen LogP contribution in [0.4, 0.5) is 0 Å². The van der Waals surface area contributed by atoms with Crippen molar-refractivity contribution in [3.05, 3.63) is 12.2 Å². The van der Waals surface area contributed by atoms with Crippen molar-refractivity contribution < 1.29 is 9.59 Å². The lowest BCUT2D eigenvalue weighted by atomic mass is 10.2. The first-order chi connectivity index (χ1) is 6.50. The first-order valence-electron chi connectivity index (χ1n) is 5.15. The van der Waals surface area contributed by atoms with Gasteiger partial charge in [-0.15, -0.1) is 0 Å². The molecule has 0 fully saturated rings. The van der Waals surface area contributed by atoms with Crippen LogP contribution in [0.15, 0.2) is 12.2 Å². The normalized spacial score (nSPS) is 9.43. The quantitative estimate of drug-likeness (QED) is 0.501. The van der Waals surface area contributed by atoms with Crippen molar-refractivity contribution >= 4 is 11.6 Å². The second kappa shape index (κ2) is 12.1. The molecule has 0 aliphatic heterocycles. The van der Waals surface area contributed by atoms with Crippen molar-refractivity contribution in [3.8, 4) is 0 Å². The molecule has 0 amide bonds. The van der Waals surface area contributed by atoms with Crippen LogP contribution >= 0.6 is 0 Å². The van der Waals surface area contributed by atoms with Crippen LogP contribution in [-0.2, 0) is 9.59 Å². The Bertz CT molecular complexity index is 177. The Morgan fingerprint density at radius 1 is 1.07 bits per heavy atom. The van der Waals surface area contributed by atoms with Gasteiger partial charge in [-0.3, -0.25) is 4.79 Å². The maximum atomic E-state index is 10.4. The van der Waals surface area contributed by atoms with E-state index in [9.17, 15) is 9.59 Å². The summed E-state index contributed by atoms with van der Waals surface area (Å²) in [5.74, 6) is 0.316. The highest BCUT2D eigenvalue weighted by atomic mass is 16.1. The molecule has 2 heteroatoms. The molecule has 0 aromatic heterocycles. The van der Waals surface area contributed by atoms with Gasteiger partial charge in [0.2, 0.25) is 0 Å². The Balaban J connectivity index is 0. The zero-order chi connectivity index (χ0) is 11.4. The predicted octanol–water partition coefficient (Wildman–Crippen LogP) is 3.31. The Morgan fingerprint density at radius 3 is 1.93 bits per heavy atom. The highest BCUT2D eigenvalue weighted by Gasteiger charge is 1.83. The average molecular weight is 198 g/mol. The van der Waals surface area contributed by atoms with Gasteiger partial charge in [0.1, 0.15) is 5.78 Å². The summed E-state index contributed by atoms with van der Waals surface area (Å²) in [6.07, 6.45) is 8.37. The standard InChI is InChI=1S/C9H16O.C3H6O/c1-3-4-5-6-7-8-9(2)10;1-3(2)4/h7-8H,3-6H2,1-2H3;1-2H3. The minimum Gasteiger partial charge on any atom is -0.300 e. The molecule has 0 rings (SSSR count). The van der Waals surface area contributed by atoms with Crippen molar-refractivity contribution in [1.29, 1.82) is 0 Å². The van der Waals surface area contributed by atoms with Gasteiger partial charge >= 0.3 is 0 Å². The molecule has 0 aromatic carbocycles. The molecule has 0 heterocycles. The smallest absolute Gasteiger partial charge is 0.152 e. The van der Waals surface area contributed by atoms with Gasteiger partial charge in [-0.05, 0) is 39.7 Å². The van der Waals surface area contributed by atoms with Crippen LogP contribution in [0.25, 0.3) is 0 Å². The van der Waals surface area contributed by atoms with Crippen LogP contribution in [0.5, 0.6) is 0 Å². The molecule has 0 aliphatic rings. The topological polar surface area (TPSA) is 34.1 Å². The van der Waals surface area contributed by atoms with Gasteiger partial charge in [0.05, 0.1) is 0 Å². The Morgan fingerprint density at radius 2 is 1.57 bits per heavy atom. The van der Waals surface area contributed by atoms with Gasteiger partial charge in [0, 0.05) is 0 Å². The van der Waals surface area contributed by atoms with Crippen molar-refractivity contribution in [2.75, 3.05) is 0 Å². The third kappa shape index (κ3) is 30.5. The molecule has 14 heavy (non-hydrogen) atoms. The molecule has 0 saturated carbocycles. The van der Waals surface area contributed by atoms with Gasteiger partial charge in [-0.2, -0.15) is 0 Å². The summed E-state index contributed by atoms with van der Waals surface area (Å²) < 4.78 is 0. The summed E-state index contributed by atoms with van der Waals surface area (Å²) >= 11 is 0. The van der Waals surface area contributed by atoms with Crippen LogP contribution in [-0.4, -0.2) is 11.6 Å². The summed E-state index contributed by atoms with van der Waals surface area (Å²) in [7, 11) is 0. The van der Waals surface area contributed by atoms with Crippen LogP contribution in [0.2, 0.25) is 0 Å². The van der Waals surface area contributed by atoms with Crippen molar-refractivity contribution in [2.24, 2.45) is 0 Å². The first kappa shape index (κ1) is 15.5. The van der Waals surface area contributed by atoms with E-state index in [4.69, 9.17) is 0 Å². The molecule has 0 bridgehead atoms. The minimum atomic E-state index is 0.150. The Kier molecular flexibility index (Phi) is 13.4. The molecule has 82 valence electrons. The van der Waals surface area contributed by atoms with Crippen molar-refractivity contribution in [1.82, 2.24) is 0 Å². The Labute approximate surface area is 87.4 Å². The van der Waals surface area contributed by atoms with Gasteiger partial charge in [0.15, 0.2) is 5.78 Å². The third-order valence-corrected chi connectivity index (χ3v) is 1.33. The van der Waals surface area contributed by atoms with Gasteiger partial charge in [-0.1, -0.05) is 25.8 Å². The van der Waals surface area contributed by atoms with Crippen LogP contribution in [0.1, 0.15) is 53.4 Å². The summed E-state index contributed by atoms with van der Waals surface area (Å²) in [4.78, 5) is 19.8. The SMILES string of the molecule is CC(C)=O.CCCCCC=CC(C)=O. The summed E-state index contributed by atoms with van der Waals surface area (Å²) in [6.45, 7) is 6.81. The number of rotatable bonds is 5. The fourth-order valence-corrected chi connectivity index (χ4v) is 0.761. The van der Waals surface area contributed by atoms with Crippen molar-refractivity contribution in [2.45, 2.75) is 53.4 Å². The van der Waals surface area contributed by atoms with E-state index in [-0.39, 0.29) is 11.6 Å². The van der Waals surface area contributed by atoms with E-state index in [1.807, 2.05) is 6.08 Å². The van der Waals surface area contributed by atoms with Crippen molar-refractivity contribution in [3.63, 3.8) is 0 Å². The van der Waals surface area contributed by atoms with E-state index in [1.165, 1.54) is 33.1 Å². The van der Waals surface area contributed by atoms with E-state index >= 15 is 0 Å². The number of hydrogen-bond acceptors (Lipinski definition) is 2. The molecular weight excluding hydrogens is 176 g/mol. The van der Waals surface area contributed by atoms with Gasteiger partial charge < -0.3 is 4.79 Å². The first-order valence-corrected chi connectivity index (χ1v) is 5.15. The highest BCUT2D eigenvalue weighted by Crippen LogP contribution is 1.99. The summed E-state index contributed by atoms with van der Waals surface area (Å²) in [5, 5.41) is 0. The average Bonchev–Trinajstić information content (AvgIpc) is 2.02. The minimum absolute atomic E-state index is 0.150. The molecule has 0 spiro atoms. The number of hydrogen-bond donors (Lipinski definition) is 0. The number of ketones is 2. The maximum Gasteiger partial charge on any atom is 0.152 e. The molecule has 0 atom stereocenters. The number of allylic oxidation sites excluding steroid dienone is 2. The lowest BCUT2D eigenvalue weighted by molar-refractivity contribution is -0.115. The van der Waals surface area contributed by atoms with Gasteiger partial charge in [-0.25, -0.2) is 0 Å². The molecule has 0 N–H and O–H groups in total. The monoisotopic (exact) mass is 198 g/mol. The van der Waals surface area contributed by atoms with Gasteiger partial charge in [0.25, 0.3) is 0 Å². The zero-order valence-corrected chi connectivity index (χ0v) is 9.80. The number of carbonyl (C=O) groups excluding carboxylic acids is 2. The zero-order valence-electron chi connectivity index (χ0n) is 9.80. The largest absolute Gasteiger partial charge is 0.300 e. The van der Waals surface area contributed by atoms with E-state index < -0.39 is 0 Å². The van der Waals surface area contributed by atoms with E-state index in [2.05, 4.69) is 6.92 Å². The highest BCUT2D eigenvalue weighted by molar-refractivity contribution is 5.87. The summed E-state index contributed by atoms with van der Waals surface area (Å²) in [5.41, 5.74) is 0. The van der Waals surface area contributed by atoms with Crippen LogP contribution < -0.4 is 0 Å². The Hall–Kier alpha value is -0.920.